The normalized spacial score (nSPS) is 15.4. The van der Waals surface area contributed by atoms with Gasteiger partial charge in [-0.3, -0.25) is 14.4 Å². The summed E-state index contributed by atoms with van der Waals surface area (Å²) in [6, 6.07) is 5.14. The molecule has 0 aliphatic carbocycles. The number of methoxy groups -OCH3 is 1. The van der Waals surface area contributed by atoms with Crippen molar-refractivity contribution in [3.63, 3.8) is 0 Å². The molecule has 6 nitrogen and oxygen atoms in total. The van der Waals surface area contributed by atoms with Gasteiger partial charge in [0.25, 0.3) is 5.91 Å². The lowest BCUT2D eigenvalue weighted by molar-refractivity contribution is 0.0625. The highest BCUT2D eigenvalue weighted by atomic mass is 35.5. The Hall–Kier alpha value is -2.05. The largest absolute Gasteiger partial charge is 0.496 e. The molecule has 1 aromatic carbocycles. The van der Waals surface area contributed by atoms with Gasteiger partial charge in [0.15, 0.2) is 0 Å². The fourth-order valence-electron chi connectivity index (χ4n) is 3.17. The van der Waals surface area contributed by atoms with Gasteiger partial charge in [-0.15, -0.1) is 0 Å². The molecule has 0 N–H and O–H groups in total. The van der Waals surface area contributed by atoms with Crippen LogP contribution in [0.2, 0.25) is 5.02 Å². The van der Waals surface area contributed by atoms with Gasteiger partial charge < -0.3 is 9.64 Å². The number of carbonyl (C=O) groups excluding carboxylic acids is 1. The average molecular weight is 363 g/mol. The summed E-state index contributed by atoms with van der Waals surface area (Å²) in [5.74, 6) is 0.527. The maximum Gasteiger partial charge on any atom is 0.257 e. The third-order valence-electron chi connectivity index (χ3n) is 4.56. The lowest BCUT2D eigenvalue weighted by Crippen LogP contribution is -2.48. The summed E-state index contributed by atoms with van der Waals surface area (Å²) in [6.45, 7) is 5.94. The third kappa shape index (κ3) is 3.96. The summed E-state index contributed by atoms with van der Waals surface area (Å²) >= 11 is 6.04. The summed E-state index contributed by atoms with van der Waals surface area (Å²) in [4.78, 5) is 17.0. The molecular weight excluding hydrogens is 340 g/mol. The minimum atomic E-state index is -0.0310. The van der Waals surface area contributed by atoms with Crippen LogP contribution < -0.4 is 4.74 Å². The van der Waals surface area contributed by atoms with E-state index in [2.05, 4.69) is 16.2 Å². The van der Waals surface area contributed by atoms with Crippen LogP contribution in [0.25, 0.3) is 0 Å². The highest BCUT2D eigenvalue weighted by Crippen LogP contribution is 2.24. The number of rotatable bonds is 4. The topological polar surface area (TPSA) is 50.6 Å². The van der Waals surface area contributed by atoms with Crippen molar-refractivity contribution in [1.29, 1.82) is 0 Å². The van der Waals surface area contributed by atoms with E-state index < -0.39 is 0 Å². The predicted octanol–water partition coefficient (Wildman–Crippen LogP) is 2.35. The zero-order chi connectivity index (χ0) is 18.0. The highest BCUT2D eigenvalue weighted by molar-refractivity contribution is 6.31. The van der Waals surface area contributed by atoms with E-state index in [1.165, 1.54) is 5.56 Å². The first-order valence-corrected chi connectivity index (χ1v) is 8.70. The van der Waals surface area contributed by atoms with Crippen molar-refractivity contribution in [3.05, 3.63) is 46.2 Å². The van der Waals surface area contributed by atoms with Gasteiger partial charge in [-0.05, 0) is 25.1 Å². The van der Waals surface area contributed by atoms with E-state index >= 15 is 0 Å². The number of amides is 1. The van der Waals surface area contributed by atoms with E-state index in [0.29, 0.717) is 29.4 Å². The van der Waals surface area contributed by atoms with Crippen molar-refractivity contribution in [2.75, 3.05) is 33.3 Å². The zero-order valence-electron chi connectivity index (χ0n) is 14.8. The van der Waals surface area contributed by atoms with Gasteiger partial charge in [0.05, 0.1) is 18.4 Å². The van der Waals surface area contributed by atoms with E-state index in [0.717, 1.165) is 25.3 Å². The van der Waals surface area contributed by atoms with Gasteiger partial charge in [-0.1, -0.05) is 11.6 Å². The summed E-state index contributed by atoms with van der Waals surface area (Å²) in [5, 5.41) is 4.92. The minimum Gasteiger partial charge on any atom is -0.496 e. The Labute approximate surface area is 152 Å². The van der Waals surface area contributed by atoms with Gasteiger partial charge in [0.2, 0.25) is 0 Å². The summed E-state index contributed by atoms with van der Waals surface area (Å²) in [5.41, 5.74) is 2.81. The molecule has 7 heteroatoms. The first-order chi connectivity index (χ1) is 12.0. The summed E-state index contributed by atoms with van der Waals surface area (Å²) < 4.78 is 7.15. The SMILES string of the molecule is COc1ccc(Cl)cc1C(=O)N1CCN(Cc2cn(C)nc2C)CC1. The van der Waals surface area contributed by atoms with Gasteiger partial charge >= 0.3 is 0 Å². The van der Waals surface area contributed by atoms with Crippen LogP contribution in [0, 0.1) is 6.92 Å². The number of halogens is 1. The summed E-state index contributed by atoms with van der Waals surface area (Å²) in [6.07, 6.45) is 2.06. The second kappa shape index (κ2) is 7.45. The Balaban J connectivity index is 1.63. The van der Waals surface area contributed by atoms with Crippen molar-refractivity contribution >= 4 is 17.5 Å². The van der Waals surface area contributed by atoms with Crippen molar-refractivity contribution in [2.45, 2.75) is 13.5 Å². The van der Waals surface area contributed by atoms with Gasteiger partial charge in [0, 0.05) is 56.6 Å². The highest BCUT2D eigenvalue weighted by Gasteiger charge is 2.25. The van der Waals surface area contributed by atoms with Crippen LogP contribution in [0.15, 0.2) is 24.4 Å². The van der Waals surface area contributed by atoms with Gasteiger partial charge in [-0.2, -0.15) is 5.10 Å². The molecule has 0 bridgehead atoms. The van der Waals surface area contributed by atoms with Crippen LogP contribution in [-0.2, 0) is 13.6 Å². The number of hydrogen-bond acceptors (Lipinski definition) is 4. The van der Waals surface area contributed by atoms with E-state index in [9.17, 15) is 4.79 Å². The van der Waals surface area contributed by atoms with Crippen LogP contribution in [0.1, 0.15) is 21.6 Å². The second-order valence-corrected chi connectivity index (χ2v) is 6.76. The molecule has 25 heavy (non-hydrogen) atoms. The fourth-order valence-corrected chi connectivity index (χ4v) is 3.34. The number of aryl methyl sites for hydroxylation is 2. The number of ether oxygens (including phenoxy) is 1. The molecule has 3 rings (SSSR count). The first kappa shape index (κ1) is 17.8. The first-order valence-electron chi connectivity index (χ1n) is 8.32. The van der Waals surface area contributed by atoms with Crippen LogP contribution >= 0.6 is 11.6 Å². The molecule has 1 aliphatic rings. The molecule has 0 unspecified atom stereocenters. The Morgan fingerprint density at radius 2 is 2.00 bits per heavy atom. The maximum atomic E-state index is 12.8. The second-order valence-electron chi connectivity index (χ2n) is 6.33. The Kier molecular flexibility index (Phi) is 5.30. The monoisotopic (exact) mass is 362 g/mol. The molecule has 1 aromatic heterocycles. The van der Waals surface area contributed by atoms with Crippen LogP contribution in [0.3, 0.4) is 0 Å². The average Bonchev–Trinajstić information content (AvgIpc) is 2.92. The van der Waals surface area contributed by atoms with E-state index in [4.69, 9.17) is 16.3 Å². The predicted molar refractivity (Wildman–Crippen MR) is 97.1 cm³/mol. The zero-order valence-corrected chi connectivity index (χ0v) is 15.6. The van der Waals surface area contributed by atoms with Crippen LogP contribution in [0.5, 0.6) is 5.75 Å². The van der Waals surface area contributed by atoms with Crippen LogP contribution in [0.4, 0.5) is 0 Å². The lowest BCUT2D eigenvalue weighted by Gasteiger charge is -2.34. The standard InChI is InChI=1S/C18H23ClN4O2/c1-13-14(11-21(2)20-13)12-22-6-8-23(9-7-22)18(24)16-10-15(19)4-5-17(16)25-3/h4-5,10-11H,6-9,12H2,1-3H3. The molecule has 2 heterocycles. The molecule has 1 saturated heterocycles. The third-order valence-corrected chi connectivity index (χ3v) is 4.80. The lowest BCUT2D eigenvalue weighted by atomic mass is 10.1. The minimum absolute atomic E-state index is 0.0310. The number of aromatic nitrogens is 2. The Bertz CT molecular complexity index is 766. The molecule has 0 atom stereocenters. The van der Waals surface area contributed by atoms with Gasteiger partial charge in [-0.25, -0.2) is 0 Å². The van der Waals surface area contributed by atoms with Crippen molar-refractivity contribution < 1.29 is 9.53 Å². The molecule has 1 fully saturated rings. The fraction of sp³-hybridized carbons (Fsp3) is 0.444. The van der Waals surface area contributed by atoms with Crippen molar-refractivity contribution in [3.8, 4) is 5.75 Å². The molecule has 134 valence electrons. The van der Waals surface area contributed by atoms with Crippen molar-refractivity contribution in [1.82, 2.24) is 19.6 Å². The molecule has 0 spiro atoms. The molecule has 2 aromatic rings. The number of nitrogens with zero attached hydrogens (tertiary/aromatic N) is 4. The van der Waals surface area contributed by atoms with E-state index in [1.54, 1.807) is 25.3 Å². The molecule has 1 amide bonds. The van der Waals surface area contributed by atoms with E-state index in [1.807, 2.05) is 23.6 Å². The maximum absolute atomic E-state index is 12.8. The molecule has 0 saturated carbocycles. The quantitative estimate of drug-likeness (QED) is 0.837. The number of benzene rings is 1. The smallest absolute Gasteiger partial charge is 0.257 e. The number of hydrogen-bond donors (Lipinski definition) is 0. The van der Waals surface area contributed by atoms with E-state index in [-0.39, 0.29) is 5.91 Å². The van der Waals surface area contributed by atoms with Crippen molar-refractivity contribution in [2.24, 2.45) is 7.05 Å². The molecule has 0 radical (unpaired) electrons. The number of carbonyl (C=O) groups is 1. The Morgan fingerprint density at radius 1 is 1.28 bits per heavy atom. The molecule has 1 aliphatic heterocycles. The number of piperazine rings is 1. The summed E-state index contributed by atoms with van der Waals surface area (Å²) in [7, 11) is 3.50. The van der Waals surface area contributed by atoms with Crippen LogP contribution in [-0.4, -0.2) is 58.8 Å². The molecular formula is C18H23ClN4O2. The van der Waals surface area contributed by atoms with Gasteiger partial charge in [0.1, 0.15) is 5.75 Å². The Morgan fingerprint density at radius 3 is 2.60 bits per heavy atom.